The molecule has 0 radical (unpaired) electrons. The lowest BCUT2D eigenvalue weighted by atomic mass is 9.90. The van der Waals surface area contributed by atoms with Crippen molar-refractivity contribution >= 4 is 22.4 Å². The second-order valence-corrected chi connectivity index (χ2v) is 12.7. The average Bonchev–Trinajstić information content (AvgIpc) is 3.52. The van der Waals surface area contributed by atoms with Crippen LogP contribution in [-0.4, -0.2) is 73.1 Å². The van der Waals surface area contributed by atoms with E-state index in [1.807, 2.05) is 36.6 Å². The summed E-state index contributed by atoms with van der Waals surface area (Å²) in [6.07, 6.45) is 2.90. The summed E-state index contributed by atoms with van der Waals surface area (Å²) in [7, 11) is 1.56. The molecule has 6 rings (SSSR count). The van der Waals surface area contributed by atoms with Crippen molar-refractivity contribution < 1.29 is 28.5 Å². The number of piperidine rings is 1. The van der Waals surface area contributed by atoms with Gasteiger partial charge in [-0.3, -0.25) is 9.69 Å². The van der Waals surface area contributed by atoms with Crippen LogP contribution in [0.1, 0.15) is 47.1 Å². The number of nitrogens with zero attached hydrogens (tertiary/aromatic N) is 3. The number of fused-ring (bicyclic) bond motifs is 1. The number of ether oxygens (including phenoxy) is 3. The van der Waals surface area contributed by atoms with Gasteiger partial charge in [-0.2, -0.15) is 0 Å². The second kappa shape index (κ2) is 12.9. The molecule has 230 valence electrons. The van der Waals surface area contributed by atoms with Gasteiger partial charge in [-0.05, 0) is 73.9 Å². The number of methoxy groups -OCH3 is 1. The van der Waals surface area contributed by atoms with Crippen molar-refractivity contribution in [2.75, 3.05) is 44.9 Å². The third-order valence-corrected chi connectivity index (χ3v) is 10.2. The van der Waals surface area contributed by atoms with E-state index in [0.29, 0.717) is 43.3 Å². The van der Waals surface area contributed by atoms with E-state index in [0.717, 1.165) is 77.8 Å². The number of aryl methyl sites for hydroxylation is 2. The summed E-state index contributed by atoms with van der Waals surface area (Å²) in [6, 6.07) is 8.41. The first-order valence-corrected chi connectivity index (χ1v) is 16.0. The van der Waals surface area contributed by atoms with E-state index in [1.54, 1.807) is 7.11 Å². The zero-order valence-electron chi connectivity index (χ0n) is 25.1. The molecule has 43 heavy (non-hydrogen) atoms. The van der Waals surface area contributed by atoms with Gasteiger partial charge in [-0.15, -0.1) is 11.3 Å². The second-order valence-electron chi connectivity index (χ2n) is 11.9. The highest BCUT2D eigenvalue weighted by molar-refractivity contribution is 7.14. The maximum atomic E-state index is 15.9. The van der Waals surface area contributed by atoms with Gasteiger partial charge in [0.1, 0.15) is 18.2 Å². The van der Waals surface area contributed by atoms with Crippen molar-refractivity contribution in [2.24, 2.45) is 5.92 Å². The molecule has 3 aliphatic heterocycles. The lowest BCUT2D eigenvalue weighted by molar-refractivity contribution is -0.147. The molecule has 1 N–H and O–H groups in total. The molecule has 0 saturated carbocycles. The predicted octanol–water partition coefficient (Wildman–Crippen LogP) is 5.61. The summed E-state index contributed by atoms with van der Waals surface area (Å²) in [5, 5.41) is 12.3. The number of carbonyl (C=O) groups is 1. The van der Waals surface area contributed by atoms with Crippen LogP contribution in [0.25, 0.3) is 11.3 Å². The van der Waals surface area contributed by atoms with Crippen molar-refractivity contribution in [3.63, 3.8) is 0 Å². The van der Waals surface area contributed by atoms with Gasteiger partial charge in [-0.25, -0.2) is 9.37 Å². The largest absolute Gasteiger partial charge is 0.488 e. The van der Waals surface area contributed by atoms with E-state index >= 15 is 4.39 Å². The number of thiazole rings is 1. The number of hydrogen-bond acceptors (Lipinski definition) is 8. The van der Waals surface area contributed by atoms with Gasteiger partial charge in [0.05, 0.1) is 17.7 Å². The number of aliphatic carboxylic acids is 1. The number of hydrogen-bond donors (Lipinski definition) is 1. The number of para-hydroxylation sites is 1. The molecule has 0 amide bonds. The molecule has 0 bridgehead atoms. The highest BCUT2D eigenvalue weighted by Crippen LogP contribution is 2.38. The first-order valence-electron chi connectivity index (χ1n) is 15.1. The minimum Gasteiger partial charge on any atom is -0.488 e. The zero-order chi connectivity index (χ0) is 30.1. The Hall–Kier alpha value is -3.05. The fourth-order valence-electron chi connectivity index (χ4n) is 6.80. The van der Waals surface area contributed by atoms with Crippen molar-refractivity contribution in [3.8, 4) is 17.0 Å². The molecule has 2 saturated heterocycles. The molecule has 10 heteroatoms. The molecular formula is C33H40FN3O5S. The van der Waals surface area contributed by atoms with Crippen LogP contribution in [0.15, 0.2) is 29.6 Å². The van der Waals surface area contributed by atoms with Crippen molar-refractivity contribution in [1.82, 2.24) is 9.88 Å². The number of benzene rings is 2. The quantitative estimate of drug-likeness (QED) is 0.353. The SMILES string of the molecule is CO[C@@H]1CN(c2nc(-c3cccc(C)c3OCc3cc(C)c4c(c3F)CCN(C3CCOCC3)C4)cs2)CC[C@@H]1C(=O)O. The normalized spacial score (nSPS) is 21.5. The van der Waals surface area contributed by atoms with Crippen LogP contribution < -0.4 is 9.64 Å². The fraction of sp³-hybridized carbons (Fsp3) is 0.515. The summed E-state index contributed by atoms with van der Waals surface area (Å²) in [5.74, 6) is -0.790. The van der Waals surface area contributed by atoms with Crippen LogP contribution in [0.2, 0.25) is 0 Å². The van der Waals surface area contributed by atoms with Gasteiger partial charge in [0.2, 0.25) is 0 Å². The number of carboxylic acid groups (broad SMARTS) is 1. The standard InChI is InChI=1S/C33H40FN3O5S/c1-20-5-4-6-25(28-19-43-33(35-28)37-12-8-26(32(38)39)29(17-37)40-3)31(20)42-18-22-15-21(2)27-16-36(11-7-24(27)30(22)34)23-9-13-41-14-10-23/h4-6,15,19,23,26,29H,7-14,16-18H2,1-3H3,(H,38,39)/t26-,29+/m0/s1. The maximum Gasteiger partial charge on any atom is 0.309 e. The number of aromatic nitrogens is 1. The molecule has 0 unspecified atom stereocenters. The first-order chi connectivity index (χ1) is 20.8. The smallest absolute Gasteiger partial charge is 0.309 e. The molecule has 2 aromatic carbocycles. The molecule has 3 aliphatic rings. The van der Waals surface area contributed by atoms with Crippen molar-refractivity contribution in [2.45, 2.75) is 64.8 Å². The minimum absolute atomic E-state index is 0.136. The predicted molar refractivity (Wildman–Crippen MR) is 164 cm³/mol. The molecule has 0 spiro atoms. The third-order valence-electron chi connectivity index (χ3n) is 9.30. The highest BCUT2D eigenvalue weighted by Gasteiger charge is 2.35. The lowest BCUT2D eigenvalue weighted by Crippen LogP contribution is -2.47. The molecule has 2 atom stereocenters. The van der Waals surface area contributed by atoms with Gasteiger partial charge >= 0.3 is 5.97 Å². The number of rotatable bonds is 8. The van der Waals surface area contributed by atoms with E-state index in [9.17, 15) is 9.90 Å². The zero-order valence-corrected chi connectivity index (χ0v) is 25.9. The minimum atomic E-state index is -0.824. The summed E-state index contributed by atoms with van der Waals surface area (Å²) >= 11 is 1.52. The monoisotopic (exact) mass is 609 g/mol. The van der Waals surface area contributed by atoms with Gasteiger partial charge in [0.25, 0.3) is 0 Å². The molecule has 1 aromatic heterocycles. The Balaban J connectivity index is 1.19. The molecule has 4 heterocycles. The molecule has 2 fully saturated rings. The van der Waals surface area contributed by atoms with Crippen LogP contribution >= 0.6 is 11.3 Å². The Kier molecular flexibility index (Phi) is 9.00. The van der Waals surface area contributed by atoms with E-state index < -0.39 is 18.0 Å². The van der Waals surface area contributed by atoms with Gasteiger partial charge in [0.15, 0.2) is 5.13 Å². The summed E-state index contributed by atoms with van der Waals surface area (Å²) in [5.41, 5.74) is 6.23. The topological polar surface area (TPSA) is 84.4 Å². The average molecular weight is 610 g/mol. The van der Waals surface area contributed by atoms with E-state index in [4.69, 9.17) is 19.2 Å². The van der Waals surface area contributed by atoms with Crippen LogP contribution in [0.5, 0.6) is 5.75 Å². The van der Waals surface area contributed by atoms with E-state index in [1.165, 1.54) is 11.3 Å². The van der Waals surface area contributed by atoms with Crippen LogP contribution in [0, 0.1) is 25.6 Å². The molecule has 0 aliphatic carbocycles. The molecular weight excluding hydrogens is 569 g/mol. The van der Waals surface area contributed by atoms with E-state index in [-0.39, 0.29) is 12.4 Å². The highest BCUT2D eigenvalue weighted by atomic mass is 32.1. The van der Waals surface area contributed by atoms with Crippen LogP contribution in [0.3, 0.4) is 0 Å². The van der Waals surface area contributed by atoms with Crippen molar-refractivity contribution in [1.29, 1.82) is 0 Å². The first kappa shape index (κ1) is 30.0. The van der Waals surface area contributed by atoms with E-state index in [2.05, 4.69) is 16.7 Å². The lowest BCUT2D eigenvalue weighted by Gasteiger charge is -2.38. The number of anilines is 1. The fourth-order valence-corrected chi connectivity index (χ4v) is 7.66. The van der Waals surface area contributed by atoms with Gasteiger partial charge < -0.3 is 24.2 Å². The summed E-state index contributed by atoms with van der Waals surface area (Å²) in [6.45, 7) is 8.55. The molecule has 8 nitrogen and oxygen atoms in total. The Morgan fingerprint density at radius 2 is 1.98 bits per heavy atom. The van der Waals surface area contributed by atoms with Gasteiger partial charge in [-0.1, -0.05) is 12.1 Å². The Morgan fingerprint density at radius 3 is 2.74 bits per heavy atom. The number of carboxylic acids is 1. The van der Waals surface area contributed by atoms with Crippen molar-refractivity contribution in [3.05, 3.63) is 63.3 Å². The third kappa shape index (κ3) is 6.16. The van der Waals surface area contributed by atoms with Crippen LogP contribution in [0.4, 0.5) is 9.52 Å². The summed E-state index contributed by atoms with van der Waals surface area (Å²) < 4.78 is 33.3. The Labute approximate surface area is 256 Å². The van der Waals surface area contributed by atoms with Gasteiger partial charge in [0, 0.05) is 69.1 Å². The molecule has 3 aromatic rings. The Morgan fingerprint density at radius 1 is 1.16 bits per heavy atom. The number of halogens is 1. The summed E-state index contributed by atoms with van der Waals surface area (Å²) in [4.78, 5) is 21.1. The maximum absolute atomic E-state index is 15.9. The Bertz CT molecular complexity index is 1470. The van der Waals surface area contributed by atoms with Crippen LogP contribution in [-0.2, 0) is 33.8 Å².